The molecule has 0 radical (unpaired) electrons. The molecule has 0 bridgehead atoms. The Hall–Kier alpha value is -3.16. The number of amides is 1. The molecule has 3 aromatic carbocycles. The summed E-state index contributed by atoms with van der Waals surface area (Å²) in [5.74, 6) is 0.299. The minimum atomic E-state index is -3.74. The van der Waals surface area contributed by atoms with Crippen molar-refractivity contribution in [1.82, 2.24) is 9.29 Å². The Morgan fingerprint density at radius 3 is 2.61 bits per heavy atom. The van der Waals surface area contributed by atoms with Gasteiger partial charge in [-0.1, -0.05) is 27.3 Å². The van der Waals surface area contributed by atoms with Crippen molar-refractivity contribution in [2.45, 2.75) is 30.8 Å². The number of carbonyl (C=O) groups excluding carboxylic acids is 1. The maximum atomic E-state index is 13.7. The zero-order chi connectivity index (χ0) is 29.0. The highest BCUT2D eigenvalue weighted by molar-refractivity contribution is 9.10. The predicted octanol–water partition coefficient (Wildman–Crippen LogP) is 5.94. The van der Waals surface area contributed by atoms with E-state index in [2.05, 4.69) is 26.0 Å². The number of halogens is 1. The molecule has 0 N–H and O–H groups in total. The number of anilines is 1. The molecule has 9 nitrogen and oxygen atoms in total. The second kappa shape index (κ2) is 12.8. The van der Waals surface area contributed by atoms with E-state index in [1.165, 1.54) is 44.9 Å². The van der Waals surface area contributed by atoms with Crippen LogP contribution in [0.1, 0.15) is 35.7 Å². The van der Waals surface area contributed by atoms with Crippen molar-refractivity contribution in [1.29, 1.82) is 0 Å². The first kappa shape index (κ1) is 29.3. The van der Waals surface area contributed by atoms with Crippen molar-refractivity contribution < 1.29 is 22.7 Å². The van der Waals surface area contributed by atoms with E-state index in [0.29, 0.717) is 18.3 Å². The molecule has 0 spiro atoms. The Morgan fingerprint density at radius 2 is 1.93 bits per heavy atom. The van der Waals surface area contributed by atoms with Crippen LogP contribution in [0.2, 0.25) is 0 Å². The highest BCUT2D eigenvalue weighted by Crippen LogP contribution is 2.32. The normalized spacial score (nSPS) is 15.7. The first-order chi connectivity index (χ1) is 19.7. The summed E-state index contributed by atoms with van der Waals surface area (Å²) in [4.78, 5) is 18.5. The average molecular weight is 658 g/mol. The summed E-state index contributed by atoms with van der Waals surface area (Å²) in [6.07, 6.45) is 3.24. The van der Waals surface area contributed by atoms with Crippen LogP contribution in [0.15, 0.2) is 81.2 Å². The van der Waals surface area contributed by atoms with Gasteiger partial charge in [0, 0.05) is 30.2 Å². The molecule has 1 atom stereocenters. The van der Waals surface area contributed by atoms with Gasteiger partial charge in [0.2, 0.25) is 15.2 Å². The smallest absolute Gasteiger partial charge is 0.280 e. The van der Waals surface area contributed by atoms with Gasteiger partial charge in [-0.3, -0.25) is 4.79 Å². The van der Waals surface area contributed by atoms with Crippen LogP contribution in [0, 0.1) is 0 Å². The summed E-state index contributed by atoms with van der Waals surface area (Å²) in [6, 6.07) is 18.9. The van der Waals surface area contributed by atoms with Gasteiger partial charge in [0.05, 0.1) is 34.0 Å². The zero-order valence-corrected chi connectivity index (χ0v) is 25.8. The second-order valence-electron chi connectivity index (χ2n) is 9.42. The van der Waals surface area contributed by atoms with E-state index in [-0.39, 0.29) is 23.1 Å². The number of ether oxygens (including phenoxy) is 2. The van der Waals surface area contributed by atoms with Crippen LogP contribution in [0.3, 0.4) is 0 Å². The highest BCUT2D eigenvalue weighted by Gasteiger charge is 2.27. The molecule has 12 heteroatoms. The lowest BCUT2D eigenvalue weighted by Gasteiger charge is -2.20. The first-order valence-electron chi connectivity index (χ1n) is 13.1. The molecule has 1 aromatic heterocycles. The summed E-state index contributed by atoms with van der Waals surface area (Å²) in [5, 5.41) is 6.13. The van der Waals surface area contributed by atoms with Gasteiger partial charge >= 0.3 is 0 Å². The highest BCUT2D eigenvalue weighted by atomic mass is 79.9. The molecule has 41 heavy (non-hydrogen) atoms. The molecule has 1 saturated heterocycles. The zero-order valence-electron chi connectivity index (χ0n) is 22.6. The van der Waals surface area contributed by atoms with Crippen molar-refractivity contribution in [2.75, 3.05) is 31.8 Å². The van der Waals surface area contributed by atoms with Crippen LogP contribution in [-0.4, -0.2) is 62.7 Å². The second-order valence-corrected chi connectivity index (χ2v) is 13.4. The van der Waals surface area contributed by atoms with Gasteiger partial charge in [-0.05, 0) is 92.1 Å². The number of aromatic nitrogens is 1. The van der Waals surface area contributed by atoms with Crippen LogP contribution < -0.4 is 9.75 Å². The minimum Gasteiger partial charge on any atom is -0.494 e. The third-order valence-electron chi connectivity index (χ3n) is 6.52. The third kappa shape index (κ3) is 6.84. The molecule has 1 fully saturated rings. The Kier molecular flexibility index (Phi) is 9.15. The Labute approximate surface area is 251 Å². The maximum absolute atomic E-state index is 13.7. The summed E-state index contributed by atoms with van der Waals surface area (Å²) in [5.41, 5.74) is 1.78. The van der Waals surface area contributed by atoms with E-state index in [1.807, 2.05) is 49.4 Å². The fraction of sp³-hybridized carbons (Fsp3) is 0.276. The Morgan fingerprint density at radius 1 is 1.17 bits per heavy atom. The van der Waals surface area contributed by atoms with E-state index < -0.39 is 15.9 Å². The largest absolute Gasteiger partial charge is 0.494 e. The first-order valence-corrected chi connectivity index (χ1v) is 16.1. The number of sulfonamides is 1. The number of carbonyl (C=O) groups is 1. The summed E-state index contributed by atoms with van der Waals surface area (Å²) < 4.78 is 40.5. The van der Waals surface area contributed by atoms with Crippen molar-refractivity contribution in [3.05, 3.63) is 82.3 Å². The fourth-order valence-corrected chi connectivity index (χ4v) is 7.03. The topological polar surface area (TPSA) is 101 Å². The quantitative estimate of drug-likeness (QED) is 0.155. The minimum absolute atomic E-state index is 0.101. The van der Waals surface area contributed by atoms with Crippen LogP contribution >= 0.6 is 27.3 Å². The van der Waals surface area contributed by atoms with E-state index >= 15 is 0 Å². The van der Waals surface area contributed by atoms with E-state index in [1.54, 1.807) is 13.3 Å². The van der Waals surface area contributed by atoms with Gasteiger partial charge < -0.3 is 9.47 Å². The summed E-state index contributed by atoms with van der Waals surface area (Å²) in [6.45, 7) is 3.42. The molecule has 1 unspecified atom stereocenters. The molecule has 2 heterocycles. The van der Waals surface area contributed by atoms with E-state index in [4.69, 9.17) is 9.47 Å². The number of nitrogens with zero attached hydrogens (tertiary/aromatic N) is 4. The Bertz CT molecular complexity index is 1650. The van der Waals surface area contributed by atoms with Crippen molar-refractivity contribution >= 4 is 64.8 Å². The predicted molar refractivity (Wildman–Crippen MR) is 165 cm³/mol. The van der Waals surface area contributed by atoms with E-state index in [0.717, 1.165) is 38.8 Å². The molecule has 1 aliphatic heterocycles. The third-order valence-corrected chi connectivity index (χ3v) is 9.84. The number of hydrogen-bond acceptors (Lipinski definition) is 8. The monoisotopic (exact) mass is 656 g/mol. The number of hydrogen-bond donors (Lipinski definition) is 0. The maximum Gasteiger partial charge on any atom is 0.280 e. The number of rotatable bonds is 10. The standard InChI is InChI=1S/C29H29BrN4O5S2/c1-3-38-23-11-6-20(7-12-23)18-31-34(29-32-26-15-10-22(30)17-27(26)40-29)28(35)21-8-13-25(14-9-21)41(36,37)33(2)19-24-5-4-16-39-24/h6-15,17-18,24H,3-5,16,19H2,1-2H3/b31-18+. The van der Waals surface area contributed by atoms with Crippen LogP contribution in [0.25, 0.3) is 10.2 Å². The van der Waals surface area contributed by atoms with Gasteiger partial charge in [0.25, 0.3) is 5.91 Å². The molecule has 214 valence electrons. The molecule has 1 amide bonds. The molecule has 4 aromatic rings. The van der Waals surface area contributed by atoms with Crippen molar-refractivity contribution in [3.63, 3.8) is 0 Å². The number of fused-ring (bicyclic) bond motifs is 1. The number of benzene rings is 3. The van der Waals surface area contributed by atoms with Crippen molar-refractivity contribution in [2.24, 2.45) is 5.10 Å². The molecule has 1 aliphatic rings. The van der Waals surface area contributed by atoms with Gasteiger partial charge in [-0.2, -0.15) is 14.4 Å². The number of hydrazone groups is 1. The van der Waals surface area contributed by atoms with Gasteiger partial charge in [0.1, 0.15) is 5.75 Å². The lowest BCUT2D eigenvalue weighted by atomic mass is 10.2. The van der Waals surface area contributed by atoms with Gasteiger partial charge in [-0.25, -0.2) is 13.4 Å². The van der Waals surface area contributed by atoms with Crippen LogP contribution in [0.4, 0.5) is 5.13 Å². The number of thiazole rings is 1. The lowest BCUT2D eigenvalue weighted by molar-refractivity contribution is 0.0978. The summed E-state index contributed by atoms with van der Waals surface area (Å²) in [7, 11) is -2.20. The molecule has 0 aliphatic carbocycles. The molecular weight excluding hydrogens is 628 g/mol. The molecule has 5 rings (SSSR count). The fourth-order valence-electron chi connectivity index (χ4n) is 4.35. The SMILES string of the molecule is CCOc1ccc(/C=N/N(C(=O)c2ccc(S(=O)(=O)N(C)CC3CCCO3)cc2)c2nc3ccc(Br)cc3s2)cc1. The van der Waals surface area contributed by atoms with Gasteiger partial charge in [0.15, 0.2) is 0 Å². The summed E-state index contributed by atoms with van der Waals surface area (Å²) >= 11 is 4.81. The van der Waals surface area contributed by atoms with Gasteiger partial charge in [-0.15, -0.1) is 0 Å². The van der Waals surface area contributed by atoms with Crippen LogP contribution in [-0.2, 0) is 14.8 Å². The van der Waals surface area contributed by atoms with E-state index in [9.17, 15) is 13.2 Å². The Balaban J connectivity index is 1.42. The lowest BCUT2D eigenvalue weighted by Crippen LogP contribution is -2.34. The average Bonchev–Trinajstić information content (AvgIpc) is 3.64. The molecule has 0 saturated carbocycles. The molecular formula is C29H29BrN4O5S2. The van der Waals surface area contributed by atoms with Crippen LogP contribution in [0.5, 0.6) is 5.75 Å². The van der Waals surface area contributed by atoms with Crippen molar-refractivity contribution in [3.8, 4) is 5.75 Å². The number of likely N-dealkylation sites (N-methyl/N-ethyl adjacent to an activating group) is 1.